The topological polar surface area (TPSA) is 114 Å². The molecule has 2 aromatic rings. The summed E-state index contributed by atoms with van der Waals surface area (Å²) in [5, 5.41) is 6.39. The lowest BCUT2D eigenvalue weighted by atomic mass is 10.1. The number of nitrogens with one attached hydrogen (secondary N) is 3. The molecular weight excluding hydrogens is 521 g/mol. The number of sulfonamides is 1. The molecule has 0 saturated heterocycles. The number of ether oxygens (including phenoxy) is 2. The zero-order chi connectivity index (χ0) is 20.5. The number of nitrogens with zero attached hydrogens (tertiary/aromatic N) is 2. The maximum atomic E-state index is 12.2. The van der Waals surface area contributed by atoms with Crippen LogP contribution in [0.5, 0.6) is 11.5 Å². The van der Waals surface area contributed by atoms with E-state index < -0.39 is 10.0 Å². The Labute approximate surface area is 193 Å². The standard InChI is InChI=1S/C19H25N5O4S.HI/c1-2-21-19(22-9-7-15-5-6-17-18(12-15)28-14-27-17)23-10-11-24-29(25,26)16-4-3-8-20-13-16;/h3-6,8,12-13,24H,2,7,9-11,14H2,1H3,(H2,21,22,23);1H. The lowest BCUT2D eigenvalue weighted by Gasteiger charge is -2.12. The second-order valence-corrected chi connectivity index (χ2v) is 7.98. The van der Waals surface area contributed by atoms with Crippen LogP contribution in [0.4, 0.5) is 0 Å². The van der Waals surface area contributed by atoms with Crippen molar-refractivity contribution in [3.05, 3.63) is 48.3 Å². The minimum atomic E-state index is -3.57. The number of hydrogen-bond acceptors (Lipinski definition) is 6. The van der Waals surface area contributed by atoms with Crippen molar-refractivity contribution in [2.24, 2.45) is 4.99 Å². The number of pyridine rings is 1. The fraction of sp³-hybridized carbons (Fsp3) is 0.368. The maximum Gasteiger partial charge on any atom is 0.242 e. The number of halogens is 1. The summed E-state index contributed by atoms with van der Waals surface area (Å²) < 4.78 is 37.6. The highest BCUT2D eigenvalue weighted by Gasteiger charge is 2.14. The molecule has 9 nitrogen and oxygen atoms in total. The average molecular weight is 547 g/mol. The van der Waals surface area contributed by atoms with E-state index in [0.717, 1.165) is 23.5 Å². The molecule has 0 spiro atoms. The van der Waals surface area contributed by atoms with Gasteiger partial charge in [-0.2, -0.15) is 0 Å². The Morgan fingerprint density at radius 2 is 2.00 bits per heavy atom. The molecule has 0 radical (unpaired) electrons. The van der Waals surface area contributed by atoms with Gasteiger partial charge in [0.1, 0.15) is 4.90 Å². The molecule has 0 fully saturated rings. The van der Waals surface area contributed by atoms with Crippen molar-refractivity contribution in [2.75, 3.05) is 33.0 Å². The van der Waals surface area contributed by atoms with Gasteiger partial charge in [-0.15, -0.1) is 24.0 Å². The predicted molar refractivity (Wildman–Crippen MR) is 125 cm³/mol. The van der Waals surface area contributed by atoms with Gasteiger partial charge in [0.25, 0.3) is 0 Å². The van der Waals surface area contributed by atoms with E-state index in [9.17, 15) is 8.42 Å². The third-order valence-corrected chi connectivity index (χ3v) is 5.55. The lowest BCUT2D eigenvalue weighted by Crippen LogP contribution is -2.39. The van der Waals surface area contributed by atoms with Crippen LogP contribution >= 0.6 is 24.0 Å². The van der Waals surface area contributed by atoms with Crippen LogP contribution in [-0.2, 0) is 16.4 Å². The number of aliphatic imine (C=N–C) groups is 1. The van der Waals surface area contributed by atoms with Crippen LogP contribution in [-0.4, -0.2) is 52.3 Å². The number of benzene rings is 1. The zero-order valence-corrected chi connectivity index (χ0v) is 19.8. The summed E-state index contributed by atoms with van der Waals surface area (Å²) in [5.41, 5.74) is 1.13. The van der Waals surface area contributed by atoms with Crippen LogP contribution in [0.25, 0.3) is 0 Å². The largest absolute Gasteiger partial charge is 0.454 e. The van der Waals surface area contributed by atoms with Gasteiger partial charge in [-0.1, -0.05) is 6.07 Å². The fourth-order valence-corrected chi connectivity index (χ4v) is 3.68. The van der Waals surface area contributed by atoms with E-state index in [4.69, 9.17) is 9.47 Å². The van der Waals surface area contributed by atoms with E-state index in [0.29, 0.717) is 25.6 Å². The number of fused-ring (bicyclic) bond motifs is 1. The van der Waals surface area contributed by atoms with E-state index in [2.05, 4.69) is 25.3 Å². The number of rotatable bonds is 9. The molecule has 0 unspecified atom stereocenters. The first-order valence-corrected chi connectivity index (χ1v) is 10.9. The Balaban J connectivity index is 0.00000320. The molecule has 164 valence electrons. The first-order valence-electron chi connectivity index (χ1n) is 9.39. The van der Waals surface area contributed by atoms with Crippen LogP contribution in [0.1, 0.15) is 12.5 Å². The minimum Gasteiger partial charge on any atom is -0.454 e. The number of aromatic nitrogens is 1. The maximum absolute atomic E-state index is 12.2. The zero-order valence-electron chi connectivity index (χ0n) is 16.6. The van der Waals surface area contributed by atoms with Crippen LogP contribution in [0.2, 0.25) is 0 Å². The lowest BCUT2D eigenvalue weighted by molar-refractivity contribution is 0.174. The average Bonchev–Trinajstić information content (AvgIpc) is 3.20. The first-order chi connectivity index (χ1) is 14.1. The minimum absolute atomic E-state index is 0. The molecule has 11 heteroatoms. The second-order valence-electron chi connectivity index (χ2n) is 6.21. The molecule has 1 aromatic carbocycles. The number of hydrogen-bond donors (Lipinski definition) is 3. The van der Waals surface area contributed by atoms with E-state index >= 15 is 0 Å². The normalized spacial score (nSPS) is 12.9. The highest BCUT2D eigenvalue weighted by molar-refractivity contribution is 14.0. The van der Waals surface area contributed by atoms with Crippen LogP contribution < -0.4 is 24.8 Å². The van der Waals surface area contributed by atoms with Gasteiger partial charge in [0, 0.05) is 32.0 Å². The van der Waals surface area contributed by atoms with E-state index in [1.165, 1.54) is 18.5 Å². The summed E-state index contributed by atoms with van der Waals surface area (Å²) in [5.74, 6) is 2.17. The van der Waals surface area contributed by atoms with Crippen molar-refractivity contribution in [1.29, 1.82) is 0 Å². The SMILES string of the molecule is CCNC(=NCCNS(=O)(=O)c1cccnc1)NCCc1ccc2c(c1)OCO2.I. The molecular formula is C19H26IN5O4S. The molecule has 0 amide bonds. The predicted octanol–water partition coefficient (Wildman–Crippen LogP) is 1.50. The summed E-state index contributed by atoms with van der Waals surface area (Å²) in [7, 11) is -3.57. The smallest absolute Gasteiger partial charge is 0.242 e. The van der Waals surface area contributed by atoms with Crippen molar-refractivity contribution >= 4 is 40.0 Å². The molecule has 3 N–H and O–H groups in total. The molecule has 3 rings (SSSR count). The Bertz CT molecular complexity index is 941. The molecule has 1 aliphatic heterocycles. The molecule has 0 aliphatic carbocycles. The van der Waals surface area contributed by atoms with Gasteiger partial charge in [-0.3, -0.25) is 9.98 Å². The van der Waals surface area contributed by atoms with Gasteiger partial charge in [0.2, 0.25) is 16.8 Å². The van der Waals surface area contributed by atoms with Crippen molar-refractivity contribution in [1.82, 2.24) is 20.3 Å². The molecule has 30 heavy (non-hydrogen) atoms. The first kappa shape index (κ1) is 24.2. The van der Waals surface area contributed by atoms with Gasteiger partial charge >= 0.3 is 0 Å². The highest BCUT2D eigenvalue weighted by atomic mass is 127. The Hall–Kier alpha value is -2.12. The third kappa shape index (κ3) is 6.99. The van der Waals surface area contributed by atoms with Crippen LogP contribution in [0.15, 0.2) is 52.6 Å². The van der Waals surface area contributed by atoms with Gasteiger partial charge in [0.05, 0.1) is 6.54 Å². The van der Waals surface area contributed by atoms with Crippen molar-refractivity contribution in [3.8, 4) is 11.5 Å². The monoisotopic (exact) mass is 547 g/mol. The van der Waals surface area contributed by atoms with Crippen molar-refractivity contribution in [3.63, 3.8) is 0 Å². The van der Waals surface area contributed by atoms with Crippen molar-refractivity contribution < 1.29 is 17.9 Å². The quantitative estimate of drug-likeness (QED) is 0.189. The Morgan fingerprint density at radius 1 is 1.17 bits per heavy atom. The summed E-state index contributed by atoms with van der Waals surface area (Å²) >= 11 is 0. The summed E-state index contributed by atoms with van der Waals surface area (Å²) in [6.45, 7) is 4.11. The van der Waals surface area contributed by atoms with E-state index in [1.54, 1.807) is 6.07 Å². The van der Waals surface area contributed by atoms with Gasteiger partial charge in [-0.05, 0) is 43.2 Å². The van der Waals surface area contributed by atoms with E-state index in [1.807, 2.05) is 25.1 Å². The van der Waals surface area contributed by atoms with Gasteiger partial charge in [-0.25, -0.2) is 13.1 Å². The summed E-state index contributed by atoms with van der Waals surface area (Å²) in [4.78, 5) is 8.37. The van der Waals surface area contributed by atoms with Gasteiger partial charge in [0.15, 0.2) is 17.5 Å². The Morgan fingerprint density at radius 3 is 2.77 bits per heavy atom. The molecule has 0 bridgehead atoms. The Kier molecular flexibility index (Phi) is 9.59. The van der Waals surface area contributed by atoms with E-state index in [-0.39, 0.29) is 42.2 Å². The second kappa shape index (κ2) is 11.9. The summed E-state index contributed by atoms with van der Waals surface area (Å²) in [6, 6.07) is 8.97. The third-order valence-electron chi connectivity index (χ3n) is 4.11. The fourth-order valence-electron chi connectivity index (χ4n) is 2.70. The molecule has 0 saturated carbocycles. The number of guanidine groups is 1. The van der Waals surface area contributed by atoms with Crippen molar-refractivity contribution in [2.45, 2.75) is 18.2 Å². The molecule has 1 aliphatic rings. The molecule has 1 aromatic heterocycles. The van der Waals surface area contributed by atoms with Crippen LogP contribution in [0, 0.1) is 0 Å². The molecule has 0 atom stereocenters. The van der Waals surface area contributed by atoms with Gasteiger partial charge < -0.3 is 20.1 Å². The van der Waals surface area contributed by atoms with Crippen LogP contribution in [0.3, 0.4) is 0 Å². The molecule has 2 heterocycles. The summed E-state index contributed by atoms with van der Waals surface area (Å²) in [6.07, 6.45) is 3.63. The highest BCUT2D eigenvalue weighted by Crippen LogP contribution is 2.32.